The fourth-order valence-corrected chi connectivity index (χ4v) is 3.56. The lowest BCUT2D eigenvalue weighted by molar-refractivity contribution is -0.121. The summed E-state index contributed by atoms with van der Waals surface area (Å²) in [4.78, 5) is 12.1. The van der Waals surface area contributed by atoms with Gasteiger partial charge in [0.05, 0.1) is 0 Å². The van der Waals surface area contributed by atoms with Crippen LogP contribution in [0.15, 0.2) is 18.2 Å². The number of para-hydroxylation sites is 1. The zero-order chi connectivity index (χ0) is 17.2. The van der Waals surface area contributed by atoms with Gasteiger partial charge in [-0.2, -0.15) is 17.0 Å². The second-order valence-electron chi connectivity index (χ2n) is 5.55. The van der Waals surface area contributed by atoms with Crippen LogP contribution < -0.4 is 5.32 Å². The number of carbonyl (C=O) groups is 1. The van der Waals surface area contributed by atoms with Gasteiger partial charge in [0.2, 0.25) is 5.91 Å². The maximum absolute atomic E-state index is 13.5. The number of anilines is 1. The number of carbonyl (C=O) groups excluding carboxylic acids is 1. The van der Waals surface area contributed by atoms with Crippen molar-refractivity contribution in [2.75, 3.05) is 32.5 Å². The molecule has 1 aliphatic heterocycles. The molecule has 0 spiro atoms. The van der Waals surface area contributed by atoms with Crippen molar-refractivity contribution in [2.24, 2.45) is 5.92 Å². The average Bonchev–Trinajstić information content (AvgIpc) is 2.51. The van der Waals surface area contributed by atoms with Gasteiger partial charge in [-0.1, -0.05) is 6.07 Å². The van der Waals surface area contributed by atoms with Crippen molar-refractivity contribution in [3.05, 3.63) is 29.8 Å². The van der Waals surface area contributed by atoms with E-state index in [1.807, 2.05) is 0 Å². The fourth-order valence-electron chi connectivity index (χ4n) is 2.42. The summed E-state index contributed by atoms with van der Waals surface area (Å²) in [5.41, 5.74) is -0.471. The van der Waals surface area contributed by atoms with Crippen LogP contribution in [0, 0.1) is 17.6 Å². The lowest BCUT2D eigenvalue weighted by Crippen LogP contribution is -2.46. The predicted octanol–water partition coefficient (Wildman–Crippen LogP) is 1.42. The van der Waals surface area contributed by atoms with E-state index in [2.05, 4.69) is 5.32 Å². The highest BCUT2D eigenvalue weighted by molar-refractivity contribution is 7.86. The Balaban J connectivity index is 1.99. The first-order chi connectivity index (χ1) is 10.7. The Morgan fingerprint density at radius 1 is 1.22 bits per heavy atom. The second-order valence-corrected chi connectivity index (χ2v) is 7.69. The van der Waals surface area contributed by atoms with Gasteiger partial charge >= 0.3 is 0 Å². The molecule has 1 saturated heterocycles. The summed E-state index contributed by atoms with van der Waals surface area (Å²) in [7, 11) is -0.627. The number of nitrogens with zero attached hydrogens (tertiary/aromatic N) is 2. The molecule has 1 amide bonds. The van der Waals surface area contributed by atoms with E-state index in [-0.39, 0.29) is 13.1 Å². The number of hydrogen-bond donors (Lipinski definition) is 1. The van der Waals surface area contributed by atoms with E-state index in [0.29, 0.717) is 12.8 Å². The molecule has 0 atom stereocenters. The first kappa shape index (κ1) is 17.8. The molecule has 0 saturated carbocycles. The van der Waals surface area contributed by atoms with E-state index in [1.54, 1.807) is 0 Å². The Kier molecular flexibility index (Phi) is 5.33. The van der Waals surface area contributed by atoms with Crippen LogP contribution in [0.2, 0.25) is 0 Å². The van der Waals surface area contributed by atoms with Crippen LogP contribution in [0.5, 0.6) is 0 Å². The third kappa shape index (κ3) is 3.85. The Labute approximate surface area is 134 Å². The highest BCUT2D eigenvalue weighted by Crippen LogP contribution is 2.24. The van der Waals surface area contributed by atoms with Crippen molar-refractivity contribution < 1.29 is 22.0 Å². The van der Waals surface area contributed by atoms with E-state index in [9.17, 15) is 22.0 Å². The number of hydrogen-bond acceptors (Lipinski definition) is 3. The van der Waals surface area contributed by atoms with Crippen LogP contribution in [0.3, 0.4) is 0 Å². The molecule has 128 valence electrons. The first-order valence-electron chi connectivity index (χ1n) is 7.16. The van der Waals surface area contributed by atoms with E-state index in [1.165, 1.54) is 24.5 Å². The van der Waals surface area contributed by atoms with Crippen LogP contribution in [-0.2, 0) is 15.0 Å². The number of rotatable bonds is 4. The van der Waals surface area contributed by atoms with Crippen molar-refractivity contribution in [3.8, 4) is 0 Å². The lowest BCUT2D eigenvalue weighted by Gasteiger charge is -2.32. The van der Waals surface area contributed by atoms with E-state index in [0.717, 1.165) is 16.4 Å². The van der Waals surface area contributed by atoms with Crippen molar-refractivity contribution >= 4 is 21.8 Å². The molecule has 9 heteroatoms. The molecule has 0 aromatic heterocycles. The minimum absolute atomic E-state index is 0.193. The van der Waals surface area contributed by atoms with Crippen LogP contribution in [0.4, 0.5) is 14.5 Å². The van der Waals surface area contributed by atoms with Gasteiger partial charge in [0.1, 0.15) is 17.3 Å². The Morgan fingerprint density at radius 2 is 1.74 bits per heavy atom. The molecule has 0 radical (unpaired) electrons. The molecule has 1 N–H and O–H groups in total. The standard InChI is InChI=1S/C14H19F2N3O3S/c1-18(2)23(21,22)19-8-6-10(7-9-19)14(20)17-13-11(15)4-3-5-12(13)16/h3-5,10H,6-9H2,1-2H3,(H,17,20). The van der Waals surface area contributed by atoms with Gasteiger partial charge in [-0.05, 0) is 25.0 Å². The fraction of sp³-hybridized carbons (Fsp3) is 0.500. The van der Waals surface area contributed by atoms with Gasteiger partial charge in [0.15, 0.2) is 0 Å². The van der Waals surface area contributed by atoms with Crippen LogP contribution in [-0.4, -0.2) is 50.1 Å². The molecule has 1 aromatic rings. The molecule has 0 aliphatic carbocycles. The van der Waals surface area contributed by atoms with E-state index >= 15 is 0 Å². The van der Waals surface area contributed by atoms with Gasteiger partial charge in [-0.15, -0.1) is 0 Å². The van der Waals surface area contributed by atoms with Gasteiger partial charge in [0, 0.05) is 33.1 Å². The number of halogens is 2. The van der Waals surface area contributed by atoms with Crippen molar-refractivity contribution in [3.63, 3.8) is 0 Å². The summed E-state index contributed by atoms with van der Waals surface area (Å²) < 4.78 is 53.5. The molecule has 2 rings (SSSR count). The monoisotopic (exact) mass is 347 g/mol. The SMILES string of the molecule is CN(C)S(=O)(=O)N1CCC(C(=O)Nc2c(F)cccc2F)CC1. The minimum Gasteiger partial charge on any atom is -0.321 e. The van der Waals surface area contributed by atoms with E-state index < -0.39 is 39.4 Å². The molecule has 1 aromatic carbocycles. The summed E-state index contributed by atoms with van der Waals surface area (Å²) in [5.74, 6) is -2.67. The minimum atomic E-state index is -3.51. The number of benzene rings is 1. The summed E-state index contributed by atoms with van der Waals surface area (Å²) in [6.45, 7) is 0.386. The van der Waals surface area contributed by atoms with Crippen molar-refractivity contribution in [2.45, 2.75) is 12.8 Å². The number of piperidine rings is 1. The molecule has 23 heavy (non-hydrogen) atoms. The smallest absolute Gasteiger partial charge is 0.281 e. The first-order valence-corrected chi connectivity index (χ1v) is 8.55. The Morgan fingerprint density at radius 3 is 2.22 bits per heavy atom. The van der Waals surface area contributed by atoms with Crippen molar-refractivity contribution in [1.29, 1.82) is 0 Å². The zero-order valence-corrected chi connectivity index (χ0v) is 13.7. The summed E-state index contributed by atoms with van der Waals surface area (Å²) >= 11 is 0. The van der Waals surface area contributed by atoms with Gasteiger partial charge in [-0.3, -0.25) is 4.79 Å². The highest BCUT2D eigenvalue weighted by Gasteiger charge is 2.32. The number of amides is 1. The summed E-state index contributed by atoms with van der Waals surface area (Å²) in [6.07, 6.45) is 0.601. The largest absolute Gasteiger partial charge is 0.321 e. The normalized spacial score (nSPS) is 17.4. The van der Waals surface area contributed by atoms with Crippen LogP contribution in [0.25, 0.3) is 0 Å². The predicted molar refractivity (Wildman–Crippen MR) is 81.9 cm³/mol. The third-order valence-electron chi connectivity index (χ3n) is 3.82. The Hall–Kier alpha value is -1.58. The average molecular weight is 347 g/mol. The highest BCUT2D eigenvalue weighted by atomic mass is 32.2. The quantitative estimate of drug-likeness (QED) is 0.896. The Bertz CT molecular complexity index is 666. The van der Waals surface area contributed by atoms with Gasteiger partial charge in [-0.25, -0.2) is 8.78 Å². The van der Waals surface area contributed by atoms with Gasteiger partial charge < -0.3 is 5.32 Å². The number of nitrogens with one attached hydrogen (secondary N) is 1. The molecular formula is C14H19F2N3O3S. The second kappa shape index (κ2) is 6.90. The summed E-state index contributed by atoms with van der Waals surface area (Å²) in [5, 5.41) is 2.26. The van der Waals surface area contributed by atoms with Crippen LogP contribution >= 0.6 is 0 Å². The van der Waals surface area contributed by atoms with Crippen LogP contribution in [0.1, 0.15) is 12.8 Å². The molecule has 1 aliphatic rings. The maximum atomic E-state index is 13.5. The molecule has 6 nitrogen and oxygen atoms in total. The molecular weight excluding hydrogens is 328 g/mol. The molecule has 1 fully saturated rings. The molecule has 1 heterocycles. The van der Waals surface area contributed by atoms with E-state index in [4.69, 9.17) is 0 Å². The maximum Gasteiger partial charge on any atom is 0.281 e. The molecule has 0 unspecified atom stereocenters. The lowest BCUT2D eigenvalue weighted by atomic mass is 9.97. The van der Waals surface area contributed by atoms with Gasteiger partial charge in [0.25, 0.3) is 10.2 Å². The zero-order valence-electron chi connectivity index (χ0n) is 12.9. The van der Waals surface area contributed by atoms with Crippen molar-refractivity contribution in [1.82, 2.24) is 8.61 Å². The molecule has 0 bridgehead atoms. The summed E-state index contributed by atoms with van der Waals surface area (Å²) in [6, 6.07) is 3.33. The third-order valence-corrected chi connectivity index (χ3v) is 5.76. The topological polar surface area (TPSA) is 69.7 Å².